The standard InChI is InChI=1S/C29H36N4O7S/c1-3-4-6-12-24(18-33(21-34)39-19-22-10-7-5-8-11-22)28(35)31-20-32-29(36)27-16-15-26(40-27)23-13-9-14-25(17-23)41(37,38)30-2/h5,7-11,13-17,21,24,30H,3-4,6,12,18-20H2,1-2H3,(H,31,35)(H,32,36). The number of unbranched alkanes of at least 4 members (excludes halogenated alkanes) is 2. The predicted octanol–water partition coefficient (Wildman–Crippen LogP) is 3.44. The van der Waals surface area contributed by atoms with Crippen molar-refractivity contribution in [3.05, 3.63) is 78.1 Å². The van der Waals surface area contributed by atoms with Gasteiger partial charge in [0.2, 0.25) is 22.3 Å². The van der Waals surface area contributed by atoms with Crippen molar-refractivity contribution < 1.29 is 32.1 Å². The maximum absolute atomic E-state index is 13.0. The molecule has 1 aromatic heterocycles. The maximum atomic E-state index is 13.0. The van der Waals surface area contributed by atoms with Gasteiger partial charge in [-0.3, -0.25) is 19.2 Å². The molecule has 3 rings (SSSR count). The van der Waals surface area contributed by atoms with E-state index >= 15 is 0 Å². The fourth-order valence-electron chi connectivity index (χ4n) is 4.01. The highest BCUT2D eigenvalue weighted by Crippen LogP contribution is 2.24. The molecule has 3 amide bonds. The summed E-state index contributed by atoms with van der Waals surface area (Å²) in [5, 5.41) is 6.42. The lowest BCUT2D eigenvalue weighted by Gasteiger charge is -2.23. The van der Waals surface area contributed by atoms with E-state index in [1.165, 1.54) is 25.2 Å². The SMILES string of the molecule is CCCCCC(CN(C=O)OCc1ccccc1)C(=O)NCNC(=O)c1ccc(-c2cccc(S(=O)(=O)NC)c2)o1. The summed E-state index contributed by atoms with van der Waals surface area (Å²) in [7, 11) is -2.32. The second-order valence-electron chi connectivity index (χ2n) is 9.28. The Bertz CT molecular complexity index is 1390. The summed E-state index contributed by atoms with van der Waals surface area (Å²) >= 11 is 0. The highest BCUT2D eigenvalue weighted by atomic mass is 32.2. The van der Waals surface area contributed by atoms with Crippen molar-refractivity contribution in [3.63, 3.8) is 0 Å². The average Bonchev–Trinajstić information content (AvgIpc) is 3.49. The zero-order valence-corrected chi connectivity index (χ0v) is 24.0. The van der Waals surface area contributed by atoms with Crippen LogP contribution in [0.25, 0.3) is 11.3 Å². The van der Waals surface area contributed by atoms with Crippen LogP contribution in [0.15, 0.2) is 76.0 Å². The van der Waals surface area contributed by atoms with E-state index in [2.05, 4.69) is 22.3 Å². The minimum absolute atomic E-state index is 0.00272. The Hall–Kier alpha value is -4.00. The van der Waals surface area contributed by atoms with Crippen LogP contribution >= 0.6 is 0 Å². The van der Waals surface area contributed by atoms with Gasteiger partial charge in [0, 0.05) is 5.56 Å². The molecule has 0 aliphatic heterocycles. The van der Waals surface area contributed by atoms with Crippen molar-refractivity contribution in [2.75, 3.05) is 20.3 Å². The largest absolute Gasteiger partial charge is 0.451 e. The molecule has 3 aromatic rings. The van der Waals surface area contributed by atoms with Gasteiger partial charge in [0.1, 0.15) is 12.4 Å². The van der Waals surface area contributed by atoms with Crippen LogP contribution in [-0.2, 0) is 31.1 Å². The summed E-state index contributed by atoms with van der Waals surface area (Å²) < 4.78 is 32.1. The molecular formula is C29H36N4O7S. The second kappa shape index (κ2) is 15.7. The third-order valence-electron chi connectivity index (χ3n) is 6.32. The Morgan fingerprint density at radius 1 is 1.02 bits per heavy atom. The number of hydrogen-bond acceptors (Lipinski definition) is 7. The number of nitrogens with one attached hydrogen (secondary N) is 3. The Labute approximate surface area is 240 Å². The number of carbonyl (C=O) groups is 3. The molecule has 3 N–H and O–H groups in total. The first kappa shape index (κ1) is 31.5. The molecule has 12 heteroatoms. The Kier molecular flexibility index (Phi) is 12.1. The first-order valence-corrected chi connectivity index (χ1v) is 14.8. The topological polar surface area (TPSA) is 147 Å². The number of hydroxylamine groups is 2. The molecule has 1 heterocycles. The number of amides is 3. The molecule has 0 spiro atoms. The molecule has 1 atom stereocenters. The third-order valence-corrected chi connectivity index (χ3v) is 7.74. The molecule has 2 aromatic carbocycles. The van der Waals surface area contributed by atoms with Gasteiger partial charge in [-0.05, 0) is 43.3 Å². The van der Waals surface area contributed by atoms with Crippen molar-refractivity contribution in [1.82, 2.24) is 20.4 Å². The van der Waals surface area contributed by atoms with Crippen LogP contribution in [0.1, 0.15) is 48.7 Å². The zero-order valence-electron chi connectivity index (χ0n) is 23.2. The molecule has 0 saturated heterocycles. The van der Waals surface area contributed by atoms with E-state index in [1.54, 1.807) is 18.2 Å². The highest BCUT2D eigenvalue weighted by molar-refractivity contribution is 7.89. The average molecular weight is 585 g/mol. The van der Waals surface area contributed by atoms with Crippen molar-refractivity contribution in [1.29, 1.82) is 0 Å². The predicted molar refractivity (Wildman–Crippen MR) is 152 cm³/mol. The Morgan fingerprint density at radius 3 is 2.51 bits per heavy atom. The van der Waals surface area contributed by atoms with Crippen LogP contribution < -0.4 is 15.4 Å². The zero-order chi connectivity index (χ0) is 29.7. The molecule has 0 saturated carbocycles. The first-order valence-electron chi connectivity index (χ1n) is 13.4. The van der Waals surface area contributed by atoms with Gasteiger partial charge in [-0.15, -0.1) is 0 Å². The first-order chi connectivity index (χ1) is 19.8. The van der Waals surface area contributed by atoms with E-state index in [4.69, 9.17) is 9.25 Å². The normalized spacial score (nSPS) is 12.0. The molecule has 11 nitrogen and oxygen atoms in total. The number of nitrogens with zero attached hydrogens (tertiary/aromatic N) is 1. The Morgan fingerprint density at radius 2 is 1.80 bits per heavy atom. The lowest BCUT2D eigenvalue weighted by Crippen LogP contribution is -2.43. The van der Waals surface area contributed by atoms with Gasteiger partial charge < -0.3 is 15.1 Å². The maximum Gasteiger partial charge on any atom is 0.288 e. The van der Waals surface area contributed by atoms with E-state index < -0.39 is 21.8 Å². The number of furan rings is 1. The van der Waals surface area contributed by atoms with Gasteiger partial charge in [-0.2, -0.15) is 0 Å². The van der Waals surface area contributed by atoms with Gasteiger partial charge >= 0.3 is 0 Å². The molecular weight excluding hydrogens is 548 g/mol. The van der Waals surface area contributed by atoms with E-state index in [0.717, 1.165) is 29.9 Å². The van der Waals surface area contributed by atoms with Crippen LogP contribution in [0.3, 0.4) is 0 Å². The van der Waals surface area contributed by atoms with Crippen molar-refractivity contribution in [2.45, 2.75) is 44.1 Å². The van der Waals surface area contributed by atoms with Crippen molar-refractivity contribution in [3.8, 4) is 11.3 Å². The second-order valence-corrected chi connectivity index (χ2v) is 11.2. The van der Waals surface area contributed by atoms with Gasteiger partial charge in [0.05, 0.1) is 24.0 Å². The molecule has 0 radical (unpaired) electrons. The molecule has 41 heavy (non-hydrogen) atoms. The molecule has 220 valence electrons. The van der Waals surface area contributed by atoms with Crippen molar-refractivity contribution >= 4 is 28.2 Å². The summed E-state index contributed by atoms with van der Waals surface area (Å²) in [5.41, 5.74) is 1.38. The van der Waals surface area contributed by atoms with Gasteiger partial charge in [-0.25, -0.2) is 18.2 Å². The summed E-state index contributed by atoms with van der Waals surface area (Å²) in [4.78, 5) is 42.9. The summed E-state index contributed by atoms with van der Waals surface area (Å²) in [6.07, 6.45) is 3.84. The van der Waals surface area contributed by atoms with E-state index in [-0.39, 0.29) is 36.4 Å². The van der Waals surface area contributed by atoms with Crippen LogP contribution in [0, 0.1) is 5.92 Å². The number of carbonyl (C=O) groups excluding carboxylic acids is 3. The number of rotatable bonds is 17. The van der Waals surface area contributed by atoms with Gasteiger partial charge in [0.15, 0.2) is 5.76 Å². The molecule has 0 bridgehead atoms. The van der Waals surface area contributed by atoms with Crippen LogP contribution in [-0.4, -0.2) is 52.0 Å². The fraction of sp³-hybridized carbons (Fsp3) is 0.345. The molecule has 0 fully saturated rings. The Balaban J connectivity index is 1.56. The number of hydrogen-bond donors (Lipinski definition) is 3. The summed E-state index contributed by atoms with van der Waals surface area (Å²) in [5.74, 6) is -1.10. The van der Waals surface area contributed by atoms with Gasteiger partial charge in [-0.1, -0.05) is 68.7 Å². The van der Waals surface area contributed by atoms with E-state index in [0.29, 0.717) is 24.2 Å². The van der Waals surface area contributed by atoms with Crippen LogP contribution in [0.5, 0.6) is 0 Å². The molecule has 0 aliphatic carbocycles. The lowest BCUT2D eigenvalue weighted by atomic mass is 10.0. The third kappa shape index (κ3) is 9.55. The van der Waals surface area contributed by atoms with Crippen molar-refractivity contribution in [2.24, 2.45) is 5.92 Å². The highest BCUT2D eigenvalue weighted by Gasteiger charge is 2.22. The van der Waals surface area contributed by atoms with Crippen LogP contribution in [0.4, 0.5) is 0 Å². The van der Waals surface area contributed by atoms with Crippen LogP contribution in [0.2, 0.25) is 0 Å². The smallest absolute Gasteiger partial charge is 0.288 e. The monoisotopic (exact) mass is 584 g/mol. The quantitative estimate of drug-likeness (QED) is 0.0953. The molecule has 0 aliphatic rings. The minimum atomic E-state index is -3.64. The minimum Gasteiger partial charge on any atom is -0.451 e. The fourth-order valence-corrected chi connectivity index (χ4v) is 4.79. The van der Waals surface area contributed by atoms with E-state index in [9.17, 15) is 22.8 Å². The molecule has 1 unspecified atom stereocenters. The summed E-state index contributed by atoms with van der Waals surface area (Å²) in [6, 6.07) is 18.6. The van der Waals surface area contributed by atoms with E-state index in [1.807, 2.05) is 30.3 Å². The number of sulfonamides is 1. The number of benzene rings is 2. The summed E-state index contributed by atoms with van der Waals surface area (Å²) in [6.45, 7) is 2.18. The van der Waals surface area contributed by atoms with Gasteiger partial charge in [0.25, 0.3) is 5.91 Å². The lowest BCUT2D eigenvalue weighted by molar-refractivity contribution is -0.182.